The van der Waals surface area contributed by atoms with Crippen molar-refractivity contribution < 1.29 is 0 Å². The largest absolute Gasteiger partial charge is 0.330 e. The van der Waals surface area contributed by atoms with Crippen molar-refractivity contribution in [2.45, 2.75) is 23.8 Å². The molecule has 0 radical (unpaired) electrons. The van der Waals surface area contributed by atoms with E-state index in [-0.39, 0.29) is 0 Å². The molecule has 1 saturated heterocycles. The highest BCUT2D eigenvalue weighted by Crippen LogP contribution is 2.40. The van der Waals surface area contributed by atoms with Gasteiger partial charge in [-0.3, -0.25) is 0 Å². The Morgan fingerprint density at radius 3 is 2.62 bits per heavy atom. The zero-order valence-corrected chi connectivity index (χ0v) is 11.1. The van der Waals surface area contributed by atoms with Gasteiger partial charge in [-0.2, -0.15) is 11.8 Å². The van der Waals surface area contributed by atoms with Crippen LogP contribution in [-0.4, -0.2) is 33.3 Å². The second kappa shape index (κ2) is 5.89. The van der Waals surface area contributed by atoms with Crippen molar-refractivity contribution >= 4 is 23.5 Å². The van der Waals surface area contributed by atoms with Crippen LogP contribution in [0, 0.1) is 0 Å². The number of thioether (sulfide) groups is 2. The molecule has 1 aromatic heterocycles. The van der Waals surface area contributed by atoms with Crippen LogP contribution in [0.25, 0.3) is 0 Å². The maximum absolute atomic E-state index is 5.50. The van der Waals surface area contributed by atoms with Crippen molar-refractivity contribution in [3.05, 3.63) is 23.8 Å². The Balaban J connectivity index is 2.08. The lowest BCUT2D eigenvalue weighted by Gasteiger charge is -2.26. The molecule has 0 bridgehead atoms. The number of hydrogen-bond donors (Lipinski definition) is 1. The van der Waals surface area contributed by atoms with Gasteiger partial charge in [0.2, 0.25) is 0 Å². The number of aromatic nitrogens is 2. The van der Waals surface area contributed by atoms with Crippen molar-refractivity contribution in [2.24, 2.45) is 5.73 Å². The van der Waals surface area contributed by atoms with Gasteiger partial charge < -0.3 is 5.73 Å². The molecule has 5 heteroatoms. The molecule has 2 rings (SSSR count). The lowest BCUT2D eigenvalue weighted by atomic mass is 10.2. The van der Waals surface area contributed by atoms with E-state index in [1.165, 1.54) is 11.5 Å². The molecule has 2 unspecified atom stereocenters. The van der Waals surface area contributed by atoms with Crippen LogP contribution in [-0.2, 0) is 6.42 Å². The van der Waals surface area contributed by atoms with Gasteiger partial charge in [0.1, 0.15) is 5.82 Å². The van der Waals surface area contributed by atoms with E-state index in [0.717, 1.165) is 17.8 Å². The van der Waals surface area contributed by atoms with Crippen LogP contribution in [0.4, 0.5) is 0 Å². The highest BCUT2D eigenvalue weighted by atomic mass is 32.2. The summed E-state index contributed by atoms with van der Waals surface area (Å²) in [7, 11) is 0. The molecule has 2 N–H and O–H groups in total. The Hall–Kier alpha value is -0.260. The first-order chi connectivity index (χ1) is 7.81. The lowest BCUT2D eigenvalue weighted by Crippen LogP contribution is -2.18. The molecule has 2 heterocycles. The molecule has 1 aliphatic rings. The smallest absolute Gasteiger partial charge is 0.142 e. The zero-order chi connectivity index (χ0) is 11.4. The van der Waals surface area contributed by atoms with Crippen molar-refractivity contribution in [1.82, 2.24) is 9.97 Å². The molecular weight excluding hydrogens is 238 g/mol. The van der Waals surface area contributed by atoms with Crippen LogP contribution in [0.3, 0.4) is 0 Å². The Morgan fingerprint density at radius 2 is 2.00 bits per heavy atom. The SMILES string of the molecule is CC1SCCSC1c1ncc(CCN)cn1. The summed E-state index contributed by atoms with van der Waals surface area (Å²) in [6.07, 6.45) is 4.70. The fourth-order valence-electron chi connectivity index (χ4n) is 1.72. The zero-order valence-electron chi connectivity index (χ0n) is 9.43. The number of nitrogens with two attached hydrogens (primary N) is 1. The van der Waals surface area contributed by atoms with Crippen LogP contribution in [0.2, 0.25) is 0 Å². The summed E-state index contributed by atoms with van der Waals surface area (Å²) < 4.78 is 0. The molecule has 0 saturated carbocycles. The van der Waals surface area contributed by atoms with Crippen LogP contribution < -0.4 is 5.73 Å². The fraction of sp³-hybridized carbons (Fsp3) is 0.636. The lowest BCUT2D eigenvalue weighted by molar-refractivity contribution is 0.811. The van der Waals surface area contributed by atoms with Crippen molar-refractivity contribution in [1.29, 1.82) is 0 Å². The average Bonchev–Trinajstić information content (AvgIpc) is 2.31. The molecule has 16 heavy (non-hydrogen) atoms. The van der Waals surface area contributed by atoms with Crippen molar-refractivity contribution in [3.8, 4) is 0 Å². The molecule has 1 fully saturated rings. The van der Waals surface area contributed by atoms with Gasteiger partial charge in [0.05, 0.1) is 5.25 Å². The van der Waals surface area contributed by atoms with Gasteiger partial charge in [-0.15, -0.1) is 11.8 Å². The van der Waals surface area contributed by atoms with Crippen molar-refractivity contribution in [3.63, 3.8) is 0 Å². The monoisotopic (exact) mass is 255 g/mol. The molecule has 0 spiro atoms. The standard InChI is InChI=1S/C11H17N3S2/c1-8-10(16-5-4-15-8)11-13-6-9(2-3-12)7-14-11/h6-8,10H,2-5,12H2,1H3. The van der Waals surface area contributed by atoms with Gasteiger partial charge in [0.15, 0.2) is 0 Å². The van der Waals surface area contributed by atoms with Crippen LogP contribution in [0.15, 0.2) is 12.4 Å². The van der Waals surface area contributed by atoms with E-state index in [4.69, 9.17) is 5.73 Å². The van der Waals surface area contributed by atoms with Gasteiger partial charge in [-0.05, 0) is 18.5 Å². The second-order valence-electron chi connectivity index (χ2n) is 3.86. The molecule has 0 aliphatic carbocycles. The minimum Gasteiger partial charge on any atom is -0.330 e. The van der Waals surface area contributed by atoms with Gasteiger partial charge >= 0.3 is 0 Å². The highest BCUT2D eigenvalue weighted by molar-refractivity contribution is 8.06. The first-order valence-electron chi connectivity index (χ1n) is 5.55. The van der Waals surface area contributed by atoms with Crippen LogP contribution >= 0.6 is 23.5 Å². The Labute approximate surface area is 105 Å². The molecule has 0 amide bonds. The summed E-state index contributed by atoms with van der Waals surface area (Å²) >= 11 is 3.99. The van der Waals surface area contributed by atoms with E-state index in [9.17, 15) is 0 Å². The van der Waals surface area contributed by atoms with E-state index < -0.39 is 0 Å². The summed E-state index contributed by atoms with van der Waals surface area (Å²) in [6.45, 7) is 2.92. The summed E-state index contributed by atoms with van der Waals surface area (Å²) in [6, 6.07) is 0. The van der Waals surface area contributed by atoms with Gasteiger partial charge in [0, 0.05) is 29.1 Å². The molecule has 1 aliphatic heterocycles. The molecular formula is C11H17N3S2. The minimum absolute atomic E-state index is 0.450. The third-order valence-electron chi connectivity index (χ3n) is 2.60. The normalized spacial score (nSPS) is 25.6. The number of hydrogen-bond acceptors (Lipinski definition) is 5. The van der Waals surface area contributed by atoms with Gasteiger partial charge in [0.25, 0.3) is 0 Å². The quantitative estimate of drug-likeness (QED) is 0.894. The average molecular weight is 255 g/mol. The second-order valence-corrected chi connectivity index (χ2v) is 6.59. The van der Waals surface area contributed by atoms with E-state index >= 15 is 0 Å². The number of nitrogens with zero attached hydrogens (tertiary/aromatic N) is 2. The summed E-state index contributed by atoms with van der Waals surface area (Å²) in [4.78, 5) is 8.94. The summed E-state index contributed by atoms with van der Waals surface area (Å²) in [5.41, 5.74) is 6.63. The minimum atomic E-state index is 0.450. The maximum atomic E-state index is 5.50. The van der Waals surface area contributed by atoms with Gasteiger partial charge in [-0.1, -0.05) is 6.92 Å². The first kappa shape index (κ1) is 12.2. The van der Waals surface area contributed by atoms with Crippen LogP contribution in [0.5, 0.6) is 0 Å². The highest BCUT2D eigenvalue weighted by Gasteiger charge is 2.26. The predicted octanol–water partition coefficient (Wildman–Crippen LogP) is 1.89. The predicted molar refractivity (Wildman–Crippen MR) is 71.9 cm³/mol. The molecule has 1 aromatic rings. The summed E-state index contributed by atoms with van der Waals surface area (Å²) in [5.74, 6) is 3.42. The Bertz CT molecular complexity index is 329. The number of rotatable bonds is 3. The Kier molecular flexibility index (Phi) is 4.49. The van der Waals surface area contributed by atoms with E-state index in [1.54, 1.807) is 0 Å². The Morgan fingerprint density at radius 1 is 1.31 bits per heavy atom. The third kappa shape index (κ3) is 2.90. The summed E-state index contributed by atoms with van der Waals surface area (Å²) in [5, 5.41) is 1.06. The maximum Gasteiger partial charge on any atom is 0.142 e. The van der Waals surface area contributed by atoms with E-state index in [1.807, 2.05) is 35.9 Å². The van der Waals surface area contributed by atoms with Gasteiger partial charge in [-0.25, -0.2) is 9.97 Å². The van der Waals surface area contributed by atoms with E-state index in [0.29, 0.717) is 17.0 Å². The molecule has 0 aromatic carbocycles. The van der Waals surface area contributed by atoms with Crippen molar-refractivity contribution in [2.75, 3.05) is 18.1 Å². The molecule has 88 valence electrons. The first-order valence-corrected chi connectivity index (χ1v) is 7.65. The van der Waals surface area contributed by atoms with Crippen LogP contribution in [0.1, 0.15) is 23.6 Å². The van der Waals surface area contributed by atoms with E-state index in [2.05, 4.69) is 16.9 Å². The molecule has 2 atom stereocenters. The third-order valence-corrected chi connectivity index (χ3v) is 5.69. The molecule has 3 nitrogen and oxygen atoms in total. The fourth-order valence-corrected chi connectivity index (χ4v) is 4.43. The topological polar surface area (TPSA) is 51.8 Å².